The number of methoxy groups -OCH3 is 1. The van der Waals surface area contributed by atoms with Crippen LogP contribution in [0.5, 0.6) is 5.75 Å². The highest BCUT2D eigenvalue weighted by Crippen LogP contribution is 2.33. The fourth-order valence-electron chi connectivity index (χ4n) is 3.37. The molecule has 8 heteroatoms. The monoisotopic (exact) mass is 412 g/mol. The molecule has 0 unspecified atom stereocenters. The third-order valence-corrected chi connectivity index (χ3v) is 4.73. The minimum atomic E-state index is -0.317. The minimum absolute atomic E-state index is 0.0557. The van der Waals surface area contributed by atoms with Gasteiger partial charge in [0.1, 0.15) is 17.6 Å². The molecule has 0 spiro atoms. The van der Waals surface area contributed by atoms with Gasteiger partial charge in [-0.05, 0) is 62.9 Å². The van der Waals surface area contributed by atoms with Crippen molar-refractivity contribution >= 4 is 17.5 Å². The summed E-state index contributed by atoms with van der Waals surface area (Å²) in [6.07, 6.45) is 2.13. The number of likely N-dealkylation sites (N-methyl/N-ethyl adjacent to an activating group) is 1. The Morgan fingerprint density at radius 2 is 2.00 bits per heavy atom. The molecule has 0 fully saturated rings. The predicted octanol–water partition coefficient (Wildman–Crippen LogP) is 2.42. The first-order valence-corrected chi connectivity index (χ1v) is 9.92. The van der Waals surface area contributed by atoms with Crippen molar-refractivity contribution in [1.29, 1.82) is 0 Å². The van der Waals surface area contributed by atoms with Gasteiger partial charge in [-0.15, -0.1) is 0 Å². The summed E-state index contributed by atoms with van der Waals surface area (Å²) >= 11 is 0. The van der Waals surface area contributed by atoms with Crippen LogP contribution in [0, 0.1) is 0 Å². The molecule has 160 valence electrons. The predicted molar refractivity (Wildman–Crippen MR) is 113 cm³/mol. The summed E-state index contributed by atoms with van der Waals surface area (Å²) in [5.74, 6) is 1.12. The second kappa shape index (κ2) is 9.58. The summed E-state index contributed by atoms with van der Waals surface area (Å²) in [5, 5.41) is 8.90. The maximum Gasteiger partial charge on any atom is 0.257 e. The molecule has 1 aliphatic heterocycles. The summed E-state index contributed by atoms with van der Waals surface area (Å²) < 4.78 is 10.8. The SMILES string of the molecule is COc1ccc(C2=NN(C(=O)CN(C)CC(=O)NC(C)C)[C@H](c3ccco3)C2)cc1. The molecule has 1 aliphatic rings. The molecule has 0 bridgehead atoms. The summed E-state index contributed by atoms with van der Waals surface area (Å²) in [6.45, 7) is 4.01. The highest BCUT2D eigenvalue weighted by atomic mass is 16.5. The summed E-state index contributed by atoms with van der Waals surface area (Å²) in [5.41, 5.74) is 1.72. The number of benzene rings is 1. The van der Waals surface area contributed by atoms with Crippen molar-refractivity contribution in [2.75, 3.05) is 27.2 Å². The second-order valence-electron chi connectivity index (χ2n) is 7.64. The number of hydrazone groups is 1. The normalized spacial score (nSPS) is 16.1. The van der Waals surface area contributed by atoms with E-state index in [1.807, 2.05) is 44.2 Å². The smallest absolute Gasteiger partial charge is 0.257 e. The standard InChI is InChI=1S/C22H28N4O4/c1-15(2)23-21(27)13-25(3)14-22(28)26-19(20-6-5-11-30-20)12-18(24-26)16-7-9-17(29-4)10-8-16/h5-11,15,19H,12-14H2,1-4H3,(H,23,27)/t19-/m0/s1. The lowest BCUT2D eigenvalue weighted by atomic mass is 10.0. The van der Waals surface area contributed by atoms with Crippen LogP contribution >= 0.6 is 0 Å². The fraction of sp³-hybridized carbons (Fsp3) is 0.409. The number of rotatable bonds is 8. The summed E-state index contributed by atoms with van der Waals surface area (Å²) in [4.78, 5) is 26.7. The van der Waals surface area contributed by atoms with Gasteiger partial charge in [0, 0.05) is 12.5 Å². The van der Waals surface area contributed by atoms with Crippen molar-refractivity contribution in [1.82, 2.24) is 15.2 Å². The Hall–Kier alpha value is -3.13. The molecule has 1 N–H and O–H groups in total. The molecular weight excluding hydrogens is 384 g/mol. The molecule has 0 radical (unpaired) electrons. The third kappa shape index (κ3) is 5.27. The van der Waals surface area contributed by atoms with Crippen LogP contribution < -0.4 is 10.1 Å². The van der Waals surface area contributed by atoms with Gasteiger partial charge in [0.15, 0.2) is 0 Å². The molecule has 2 amide bonds. The number of hydrogen-bond donors (Lipinski definition) is 1. The van der Waals surface area contributed by atoms with Crippen LogP contribution in [0.15, 0.2) is 52.2 Å². The zero-order valence-corrected chi connectivity index (χ0v) is 17.8. The van der Waals surface area contributed by atoms with Gasteiger partial charge in [-0.3, -0.25) is 14.5 Å². The molecule has 0 saturated carbocycles. The van der Waals surface area contributed by atoms with Crippen LogP contribution in [0.3, 0.4) is 0 Å². The van der Waals surface area contributed by atoms with Gasteiger partial charge in [0.25, 0.3) is 5.91 Å². The summed E-state index contributed by atoms with van der Waals surface area (Å²) in [7, 11) is 3.36. The molecule has 2 heterocycles. The molecule has 0 saturated heterocycles. The van der Waals surface area contributed by atoms with E-state index >= 15 is 0 Å². The van der Waals surface area contributed by atoms with Crippen LogP contribution in [0.1, 0.15) is 37.6 Å². The fourth-order valence-corrected chi connectivity index (χ4v) is 3.37. The van der Waals surface area contributed by atoms with Crippen molar-refractivity contribution in [2.45, 2.75) is 32.4 Å². The van der Waals surface area contributed by atoms with Gasteiger partial charge in [0.2, 0.25) is 5.91 Å². The van der Waals surface area contributed by atoms with Gasteiger partial charge < -0.3 is 14.5 Å². The number of nitrogens with one attached hydrogen (secondary N) is 1. The molecule has 8 nitrogen and oxygen atoms in total. The number of ether oxygens (including phenoxy) is 1. The van der Waals surface area contributed by atoms with Crippen LogP contribution in [0.25, 0.3) is 0 Å². The van der Waals surface area contributed by atoms with E-state index < -0.39 is 0 Å². The Bertz CT molecular complexity index is 890. The van der Waals surface area contributed by atoms with Gasteiger partial charge >= 0.3 is 0 Å². The number of nitrogens with zero attached hydrogens (tertiary/aromatic N) is 3. The number of carbonyl (C=O) groups is 2. The Balaban J connectivity index is 1.75. The van der Waals surface area contributed by atoms with E-state index in [1.165, 1.54) is 5.01 Å². The average molecular weight is 412 g/mol. The largest absolute Gasteiger partial charge is 0.497 e. The van der Waals surface area contributed by atoms with Crippen LogP contribution in [-0.4, -0.2) is 60.7 Å². The first-order valence-electron chi connectivity index (χ1n) is 9.92. The maximum atomic E-state index is 13.0. The molecule has 1 aromatic heterocycles. The number of amides is 2. The first kappa shape index (κ1) is 21.6. The van der Waals surface area contributed by atoms with E-state index in [2.05, 4.69) is 10.4 Å². The lowest BCUT2D eigenvalue weighted by Gasteiger charge is -2.23. The van der Waals surface area contributed by atoms with E-state index in [0.29, 0.717) is 12.2 Å². The molecule has 3 rings (SSSR count). The molecule has 30 heavy (non-hydrogen) atoms. The number of hydrogen-bond acceptors (Lipinski definition) is 6. The average Bonchev–Trinajstić information content (AvgIpc) is 3.36. The second-order valence-corrected chi connectivity index (χ2v) is 7.64. The van der Waals surface area contributed by atoms with E-state index in [-0.39, 0.29) is 37.0 Å². The zero-order valence-electron chi connectivity index (χ0n) is 17.8. The first-order chi connectivity index (χ1) is 14.4. The van der Waals surface area contributed by atoms with E-state index in [0.717, 1.165) is 17.0 Å². The van der Waals surface area contributed by atoms with Gasteiger partial charge in [0.05, 0.1) is 32.2 Å². The van der Waals surface area contributed by atoms with Gasteiger partial charge in [-0.2, -0.15) is 5.10 Å². The maximum absolute atomic E-state index is 13.0. The number of furan rings is 1. The molecular formula is C22H28N4O4. The third-order valence-electron chi connectivity index (χ3n) is 4.73. The Morgan fingerprint density at radius 3 is 2.60 bits per heavy atom. The van der Waals surface area contributed by atoms with Crippen molar-refractivity contribution in [3.05, 3.63) is 54.0 Å². The lowest BCUT2D eigenvalue weighted by molar-refractivity contribution is -0.134. The molecule has 2 aromatic rings. The molecule has 0 aliphatic carbocycles. The topological polar surface area (TPSA) is 87.4 Å². The van der Waals surface area contributed by atoms with Gasteiger partial charge in [-0.1, -0.05) is 0 Å². The van der Waals surface area contributed by atoms with Crippen LogP contribution in [-0.2, 0) is 9.59 Å². The van der Waals surface area contributed by atoms with Crippen molar-refractivity contribution in [3.63, 3.8) is 0 Å². The van der Waals surface area contributed by atoms with Gasteiger partial charge in [-0.25, -0.2) is 5.01 Å². The Labute approximate surface area is 176 Å². The van der Waals surface area contributed by atoms with E-state index in [4.69, 9.17) is 9.15 Å². The quantitative estimate of drug-likeness (QED) is 0.720. The zero-order chi connectivity index (χ0) is 21.7. The van der Waals surface area contributed by atoms with E-state index in [9.17, 15) is 9.59 Å². The molecule has 1 atom stereocenters. The Kier molecular flexibility index (Phi) is 6.89. The lowest BCUT2D eigenvalue weighted by Crippen LogP contribution is -2.42. The number of carbonyl (C=O) groups excluding carboxylic acids is 2. The highest BCUT2D eigenvalue weighted by Gasteiger charge is 2.35. The molecule has 1 aromatic carbocycles. The van der Waals surface area contributed by atoms with Crippen LogP contribution in [0.4, 0.5) is 0 Å². The highest BCUT2D eigenvalue weighted by molar-refractivity contribution is 6.03. The van der Waals surface area contributed by atoms with Crippen molar-refractivity contribution in [2.24, 2.45) is 5.10 Å². The van der Waals surface area contributed by atoms with E-state index in [1.54, 1.807) is 31.4 Å². The summed E-state index contributed by atoms with van der Waals surface area (Å²) in [6, 6.07) is 11.0. The van der Waals surface area contributed by atoms with Crippen molar-refractivity contribution < 1.29 is 18.7 Å². The minimum Gasteiger partial charge on any atom is -0.497 e. The Morgan fingerprint density at radius 1 is 1.27 bits per heavy atom. The van der Waals surface area contributed by atoms with Crippen molar-refractivity contribution in [3.8, 4) is 5.75 Å². The van der Waals surface area contributed by atoms with Crippen LogP contribution in [0.2, 0.25) is 0 Å².